The maximum absolute atomic E-state index is 11.8. The predicted molar refractivity (Wildman–Crippen MR) is 65.5 cm³/mol. The van der Waals surface area contributed by atoms with Gasteiger partial charge in [-0.15, -0.1) is 0 Å². The number of hydrogen-bond acceptors (Lipinski definition) is 2. The standard InChI is InChI=1S/C13H20N2O/c1-10(2)15-9-4-3-7-12(15)11-6-5-8-14-13(11)16/h5-6,8,10,12H,3-4,7,9H2,1-2H3,(H,14,16)/t12-/m1/s1. The molecule has 0 aromatic carbocycles. The molecule has 1 aromatic rings. The third-order valence-electron chi connectivity index (χ3n) is 3.42. The average Bonchev–Trinajstić information content (AvgIpc) is 2.29. The van der Waals surface area contributed by atoms with Gasteiger partial charge in [0, 0.05) is 23.8 Å². The van der Waals surface area contributed by atoms with Crippen molar-refractivity contribution in [1.82, 2.24) is 9.88 Å². The number of H-pyrrole nitrogens is 1. The van der Waals surface area contributed by atoms with Gasteiger partial charge >= 0.3 is 0 Å². The van der Waals surface area contributed by atoms with Crippen molar-refractivity contribution < 1.29 is 0 Å². The van der Waals surface area contributed by atoms with Crippen LogP contribution >= 0.6 is 0 Å². The minimum absolute atomic E-state index is 0.0695. The molecule has 2 rings (SSSR count). The number of pyridine rings is 1. The summed E-state index contributed by atoms with van der Waals surface area (Å²) in [7, 11) is 0. The van der Waals surface area contributed by atoms with Gasteiger partial charge in [-0.25, -0.2) is 0 Å². The predicted octanol–water partition coefficient (Wildman–Crippen LogP) is 2.31. The Bertz CT molecular complexity index is 397. The van der Waals surface area contributed by atoms with E-state index in [1.165, 1.54) is 12.8 Å². The van der Waals surface area contributed by atoms with Crippen LogP contribution in [0.3, 0.4) is 0 Å². The van der Waals surface area contributed by atoms with E-state index in [0.717, 1.165) is 18.5 Å². The van der Waals surface area contributed by atoms with Crippen LogP contribution in [0.25, 0.3) is 0 Å². The summed E-state index contributed by atoms with van der Waals surface area (Å²) in [5, 5.41) is 0. The molecule has 0 bridgehead atoms. The normalized spacial score (nSPS) is 22.6. The average molecular weight is 220 g/mol. The summed E-state index contributed by atoms with van der Waals surface area (Å²) >= 11 is 0. The van der Waals surface area contributed by atoms with Crippen LogP contribution in [0.15, 0.2) is 23.1 Å². The number of rotatable bonds is 2. The van der Waals surface area contributed by atoms with Crippen LogP contribution in [0.2, 0.25) is 0 Å². The van der Waals surface area contributed by atoms with E-state index in [4.69, 9.17) is 0 Å². The van der Waals surface area contributed by atoms with E-state index >= 15 is 0 Å². The lowest BCUT2D eigenvalue weighted by molar-refractivity contribution is 0.111. The highest BCUT2D eigenvalue weighted by Gasteiger charge is 2.27. The zero-order valence-corrected chi connectivity index (χ0v) is 10.1. The number of aromatic amines is 1. The molecule has 0 amide bonds. The van der Waals surface area contributed by atoms with Gasteiger partial charge in [-0.05, 0) is 39.3 Å². The number of aromatic nitrogens is 1. The Balaban J connectivity index is 2.30. The summed E-state index contributed by atoms with van der Waals surface area (Å²) in [4.78, 5) is 17.0. The second kappa shape index (κ2) is 4.83. The minimum Gasteiger partial charge on any atom is -0.329 e. The highest BCUT2D eigenvalue weighted by atomic mass is 16.1. The largest absolute Gasteiger partial charge is 0.329 e. The molecule has 2 heterocycles. The quantitative estimate of drug-likeness (QED) is 0.830. The zero-order valence-electron chi connectivity index (χ0n) is 10.1. The van der Waals surface area contributed by atoms with Crippen LogP contribution in [0.5, 0.6) is 0 Å². The number of nitrogens with one attached hydrogen (secondary N) is 1. The molecular formula is C13H20N2O. The van der Waals surface area contributed by atoms with Gasteiger partial charge < -0.3 is 4.98 Å². The van der Waals surface area contributed by atoms with Crippen molar-refractivity contribution in [3.05, 3.63) is 34.2 Å². The van der Waals surface area contributed by atoms with E-state index in [1.807, 2.05) is 12.1 Å². The Kier molecular flexibility index (Phi) is 3.44. The molecule has 1 saturated heterocycles. The Morgan fingerprint density at radius 1 is 1.44 bits per heavy atom. The van der Waals surface area contributed by atoms with E-state index in [9.17, 15) is 4.79 Å². The second-order valence-electron chi connectivity index (χ2n) is 4.80. The van der Waals surface area contributed by atoms with Gasteiger partial charge in [0.15, 0.2) is 0 Å². The molecule has 88 valence electrons. The van der Waals surface area contributed by atoms with E-state index in [0.29, 0.717) is 12.1 Å². The van der Waals surface area contributed by atoms with Crippen LogP contribution in [0, 0.1) is 0 Å². The SMILES string of the molecule is CC(C)N1CCCC[C@@H]1c1ccc[nH]c1=O. The van der Waals surface area contributed by atoms with E-state index < -0.39 is 0 Å². The van der Waals surface area contributed by atoms with Gasteiger partial charge in [-0.3, -0.25) is 9.69 Å². The molecule has 1 aliphatic rings. The first kappa shape index (κ1) is 11.4. The maximum Gasteiger partial charge on any atom is 0.252 e. The van der Waals surface area contributed by atoms with Gasteiger partial charge in [0.2, 0.25) is 0 Å². The smallest absolute Gasteiger partial charge is 0.252 e. The van der Waals surface area contributed by atoms with Crippen molar-refractivity contribution in [2.75, 3.05) is 6.54 Å². The van der Waals surface area contributed by atoms with Gasteiger partial charge in [0.25, 0.3) is 5.56 Å². The first-order valence-corrected chi connectivity index (χ1v) is 6.13. The molecule has 0 spiro atoms. The lowest BCUT2D eigenvalue weighted by Crippen LogP contribution is -2.40. The van der Waals surface area contributed by atoms with Crippen molar-refractivity contribution in [2.24, 2.45) is 0 Å². The minimum atomic E-state index is 0.0695. The van der Waals surface area contributed by atoms with Gasteiger partial charge in [0.1, 0.15) is 0 Å². The molecule has 3 nitrogen and oxygen atoms in total. The van der Waals surface area contributed by atoms with Crippen molar-refractivity contribution >= 4 is 0 Å². The summed E-state index contributed by atoms with van der Waals surface area (Å²) in [6.07, 6.45) is 5.28. The van der Waals surface area contributed by atoms with Crippen LogP contribution in [0.1, 0.15) is 44.7 Å². The molecule has 0 aliphatic carbocycles. The summed E-state index contributed by atoms with van der Waals surface area (Å²) in [6, 6.07) is 4.69. The maximum atomic E-state index is 11.8. The lowest BCUT2D eigenvalue weighted by atomic mass is 9.95. The highest BCUT2D eigenvalue weighted by molar-refractivity contribution is 5.15. The molecule has 0 saturated carbocycles. The molecule has 0 radical (unpaired) electrons. The van der Waals surface area contributed by atoms with E-state index in [-0.39, 0.29) is 5.56 Å². The number of likely N-dealkylation sites (tertiary alicyclic amines) is 1. The first-order valence-electron chi connectivity index (χ1n) is 6.13. The fourth-order valence-corrected chi connectivity index (χ4v) is 2.60. The van der Waals surface area contributed by atoms with E-state index in [2.05, 4.69) is 23.7 Å². The molecule has 0 unspecified atom stereocenters. The number of nitrogens with zero attached hydrogens (tertiary/aromatic N) is 1. The molecule has 1 atom stereocenters. The monoisotopic (exact) mass is 220 g/mol. The number of piperidine rings is 1. The topological polar surface area (TPSA) is 36.1 Å². The summed E-state index contributed by atoms with van der Waals surface area (Å²) in [5.74, 6) is 0. The van der Waals surface area contributed by atoms with Crippen LogP contribution in [-0.2, 0) is 0 Å². The van der Waals surface area contributed by atoms with Crippen LogP contribution in [-0.4, -0.2) is 22.5 Å². The molecule has 3 heteroatoms. The molecule has 1 fully saturated rings. The fourth-order valence-electron chi connectivity index (χ4n) is 2.60. The summed E-state index contributed by atoms with van der Waals surface area (Å²) < 4.78 is 0. The van der Waals surface area contributed by atoms with Gasteiger partial charge in [0.05, 0.1) is 0 Å². The van der Waals surface area contributed by atoms with Crippen molar-refractivity contribution in [3.63, 3.8) is 0 Å². The highest BCUT2D eigenvalue weighted by Crippen LogP contribution is 2.30. The first-order chi connectivity index (χ1) is 7.70. The third kappa shape index (κ3) is 2.19. The van der Waals surface area contributed by atoms with Crippen molar-refractivity contribution in [2.45, 2.75) is 45.2 Å². The van der Waals surface area contributed by atoms with Gasteiger partial charge in [-0.2, -0.15) is 0 Å². The molecule has 1 aromatic heterocycles. The second-order valence-corrected chi connectivity index (χ2v) is 4.80. The zero-order chi connectivity index (χ0) is 11.5. The summed E-state index contributed by atoms with van der Waals surface area (Å²) in [5.41, 5.74) is 0.996. The van der Waals surface area contributed by atoms with Crippen LogP contribution < -0.4 is 5.56 Å². The fraction of sp³-hybridized carbons (Fsp3) is 0.615. The Morgan fingerprint density at radius 3 is 2.94 bits per heavy atom. The molecular weight excluding hydrogens is 200 g/mol. The molecule has 1 aliphatic heterocycles. The molecule has 16 heavy (non-hydrogen) atoms. The Hall–Kier alpha value is -1.09. The van der Waals surface area contributed by atoms with Crippen molar-refractivity contribution in [3.8, 4) is 0 Å². The van der Waals surface area contributed by atoms with Crippen molar-refractivity contribution in [1.29, 1.82) is 0 Å². The Morgan fingerprint density at radius 2 is 2.25 bits per heavy atom. The summed E-state index contributed by atoms with van der Waals surface area (Å²) in [6.45, 7) is 5.52. The molecule has 1 N–H and O–H groups in total. The third-order valence-corrected chi connectivity index (χ3v) is 3.42. The number of hydrogen-bond donors (Lipinski definition) is 1. The Labute approximate surface area is 96.5 Å². The van der Waals surface area contributed by atoms with Crippen LogP contribution in [0.4, 0.5) is 0 Å². The lowest BCUT2D eigenvalue weighted by Gasteiger charge is -2.38. The van der Waals surface area contributed by atoms with Gasteiger partial charge in [-0.1, -0.05) is 12.5 Å². The van der Waals surface area contributed by atoms with E-state index in [1.54, 1.807) is 6.20 Å².